The molecule has 19 heavy (non-hydrogen) atoms. The van der Waals surface area contributed by atoms with Gasteiger partial charge in [-0.1, -0.05) is 13.8 Å². The molecule has 1 saturated carbocycles. The summed E-state index contributed by atoms with van der Waals surface area (Å²) in [4.78, 5) is 12.1. The standard InChI is InChI=1S/C16H28N2O/c1-11(2)16(5-6-16)10-17-15(19)9-12-7-13-3-4-14(8-12)18-13/h11-14,18H,3-10H2,1-2H3,(H,17,19). The van der Waals surface area contributed by atoms with Gasteiger partial charge in [0.2, 0.25) is 5.91 Å². The smallest absolute Gasteiger partial charge is 0.220 e. The number of carbonyl (C=O) groups excluding carboxylic acids is 1. The van der Waals surface area contributed by atoms with Gasteiger partial charge >= 0.3 is 0 Å². The monoisotopic (exact) mass is 264 g/mol. The third kappa shape index (κ3) is 2.96. The molecular formula is C16H28N2O. The Morgan fingerprint density at radius 3 is 2.42 bits per heavy atom. The van der Waals surface area contributed by atoms with Crippen LogP contribution in [0.3, 0.4) is 0 Å². The molecule has 1 amide bonds. The lowest BCUT2D eigenvalue weighted by molar-refractivity contribution is -0.122. The Hall–Kier alpha value is -0.570. The molecule has 2 saturated heterocycles. The summed E-state index contributed by atoms with van der Waals surface area (Å²) < 4.78 is 0. The third-order valence-electron chi connectivity index (χ3n) is 5.80. The van der Waals surface area contributed by atoms with Crippen LogP contribution in [0.5, 0.6) is 0 Å². The first-order valence-electron chi connectivity index (χ1n) is 8.10. The van der Waals surface area contributed by atoms with Crippen LogP contribution in [0.4, 0.5) is 0 Å². The highest BCUT2D eigenvalue weighted by atomic mass is 16.1. The van der Waals surface area contributed by atoms with E-state index in [4.69, 9.17) is 0 Å². The Morgan fingerprint density at radius 2 is 1.89 bits per heavy atom. The molecule has 3 aliphatic rings. The van der Waals surface area contributed by atoms with E-state index in [9.17, 15) is 4.79 Å². The maximum atomic E-state index is 12.1. The third-order valence-corrected chi connectivity index (χ3v) is 5.80. The van der Waals surface area contributed by atoms with E-state index in [0.29, 0.717) is 35.2 Å². The number of piperidine rings is 1. The van der Waals surface area contributed by atoms with Crippen molar-refractivity contribution in [2.45, 2.75) is 70.9 Å². The van der Waals surface area contributed by atoms with Crippen molar-refractivity contribution >= 4 is 5.91 Å². The molecule has 2 atom stereocenters. The molecule has 2 N–H and O–H groups in total. The van der Waals surface area contributed by atoms with Crippen LogP contribution in [-0.4, -0.2) is 24.5 Å². The summed E-state index contributed by atoms with van der Waals surface area (Å²) in [6.07, 6.45) is 8.39. The largest absolute Gasteiger partial charge is 0.356 e. The van der Waals surface area contributed by atoms with E-state index in [2.05, 4.69) is 24.5 Å². The second-order valence-electron chi connectivity index (χ2n) is 7.47. The molecule has 2 aliphatic heterocycles. The lowest BCUT2D eigenvalue weighted by atomic mass is 9.89. The van der Waals surface area contributed by atoms with Crippen LogP contribution in [-0.2, 0) is 4.79 Å². The Kier molecular flexibility index (Phi) is 3.59. The van der Waals surface area contributed by atoms with Gasteiger partial charge < -0.3 is 10.6 Å². The van der Waals surface area contributed by atoms with Gasteiger partial charge in [-0.2, -0.15) is 0 Å². The number of hydrogen-bond donors (Lipinski definition) is 2. The number of hydrogen-bond acceptors (Lipinski definition) is 2. The highest BCUT2D eigenvalue weighted by Crippen LogP contribution is 2.51. The fourth-order valence-electron chi connectivity index (χ4n) is 4.07. The zero-order chi connectivity index (χ0) is 13.5. The summed E-state index contributed by atoms with van der Waals surface area (Å²) in [5.74, 6) is 1.61. The topological polar surface area (TPSA) is 41.1 Å². The van der Waals surface area contributed by atoms with Crippen LogP contribution in [0.2, 0.25) is 0 Å². The van der Waals surface area contributed by atoms with E-state index in [0.717, 1.165) is 13.0 Å². The van der Waals surface area contributed by atoms with E-state index >= 15 is 0 Å². The van der Waals surface area contributed by atoms with Gasteiger partial charge in [0.25, 0.3) is 0 Å². The van der Waals surface area contributed by atoms with E-state index < -0.39 is 0 Å². The molecule has 3 nitrogen and oxygen atoms in total. The SMILES string of the molecule is CC(C)C1(CNC(=O)CC2CC3CCC(C2)N3)CC1. The summed E-state index contributed by atoms with van der Waals surface area (Å²) in [7, 11) is 0. The van der Waals surface area contributed by atoms with Crippen molar-refractivity contribution in [3.63, 3.8) is 0 Å². The average Bonchev–Trinajstić information content (AvgIpc) is 3.08. The molecule has 3 fully saturated rings. The first-order valence-corrected chi connectivity index (χ1v) is 8.10. The molecule has 1 aliphatic carbocycles. The van der Waals surface area contributed by atoms with Crippen LogP contribution in [0, 0.1) is 17.3 Å². The van der Waals surface area contributed by atoms with Gasteiger partial charge in [-0.15, -0.1) is 0 Å². The Balaban J connectivity index is 1.42. The number of rotatable bonds is 5. The van der Waals surface area contributed by atoms with Crippen LogP contribution in [0.25, 0.3) is 0 Å². The first-order chi connectivity index (χ1) is 9.07. The first kappa shape index (κ1) is 13.4. The maximum Gasteiger partial charge on any atom is 0.220 e. The van der Waals surface area contributed by atoms with Crippen LogP contribution in [0.1, 0.15) is 58.8 Å². The second-order valence-corrected chi connectivity index (χ2v) is 7.47. The Morgan fingerprint density at radius 1 is 1.26 bits per heavy atom. The van der Waals surface area contributed by atoms with Gasteiger partial charge in [-0.25, -0.2) is 0 Å². The van der Waals surface area contributed by atoms with Gasteiger partial charge in [0.15, 0.2) is 0 Å². The summed E-state index contributed by atoms with van der Waals surface area (Å²) in [6, 6.07) is 1.39. The lowest BCUT2D eigenvalue weighted by Crippen LogP contribution is -2.40. The second kappa shape index (κ2) is 5.08. The van der Waals surface area contributed by atoms with E-state index in [-0.39, 0.29) is 0 Å². The maximum absolute atomic E-state index is 12.1. The molecule has 2 heterocycles. The summed E-state index contributed by atoms with van der Waals surface area (Å²) in [5, 5.41) is 6.85. The zero-order valence-electron chi connectivity index (χ0n) is 12.4. The lowest BCUT2D eigenvalue weighted by Gasteiger charge is -2.29. The van der Waals surface area contributed by atoms with Gasteiger partial charge in [0.05, 0.1) is 0 Å². The Bertz CT molecular complexity index is 337. The molecule has 3 rings (SSSR count). The molecule has 2 bridgehead atoms. The number of nitrogens with one attached hydrogen (secondary N) is 2. The molecule has 0 radical (unpaired) electrons. The summed E-state index contributed by atoms with van der Waals surface area (Å²) in [6.45, 7) is 5.47. The number of amides is 1. The van der Waals surface area contributed by atoms with Crippen molar-refractivity contribution in [2.24, 2.45) is 17.3 Å². The van der Waals surface area contributed by atoms with Crippen molar-refractivity contribution in [2.75, 3.05) is 6.54 Å². The van der Waals surface area contributed by atoms with E-state index in [1.807, 2.05) is 0 Å². The van der Waals surface area contributed by atoms with Crippen molar-refractivity contribution in [3.8, 4) is 0 Å². The molecule has 0 aromatic carbocycles. The van der Waals surface area contributed by atoms with Gasteiger partial charge in [-0.05, 0) is 55.8 Å². The molecular weight excluding hydrogens is 236 g/mol. The van der Waals surface area contributed by atoms with Crippen molar-refractivity contribution in [1.29, 1.82) is 0 Å². The average molecular weight is 264 g/mol. The fraction of sp³-hybridized carbons (Fsp3) is 0.938. The molecule has 0 spiro atoms. The minimum absolute atomic E-state index is 0.290. The predicted molar refractivity (Wildman–Crippen MR) is 76.8 cm³/mol. The molecule has 0 aromatic heterocycles. The quantitative estimate of drug-likeness (QED) is 0.801. The van der Waals surface area contributed by atoms with Crippen molar-refractivity contribution in [1.82, 2.24) is 10.6 Å². The van der Waals surface area contributed by atoms with Gasteiger partial charge in [0, 0.05) is 25.0 Å². The van der Waals surface area contributed by atoms with Gasteiger partial charge in [-0.3, -0.25) is 4.79 Å². The molecule has 108 valence electrons. The summed E-state index contributed by atoms with van der Waals surface area (Å²) >= 11 is 0. The minimum Gasteiger partial charge on any atom is -0.356 e. The number of carbonyl (C=O) groups is 1. The van der Waals surface area contributed by atoms with Gasteiger partial charge in [0.1, 0.15) is 0 Å². The highest BCUT2D eigenvalue weighted by Gasteiger charge is 2.45. The minimum atomic E-state index is 0.290. The van der Waals surface area contributed by atoms with Crippen LogP contribution < -0.4 is 10.6 Å². The van der Waals surface area contributed by atoms with Crippen LogP contribution >= 0.6 is 0 Å². The van der Waals surface area contributed by atoms with E-state index in [1.54, 1.807) is 0 Å². The number of fused-ring (bicyclic) bond motifs is 2. The van der Waals surface area contributed by atoms with Crippen molar-refractivity contribution in [3.05, 3.63) is 0 Å². The van der Waals surface area contributed by atoms with E-state index in [1.165, 1.54) is 38.5 Å². The molecule has 2 unspecified atom stereocenters. The van der Waals surface area contributed by atoms with Crippen LogP contribution in [0.15, 0.2) is 0 Å². The summed E-state index contributed by atoms with van der Waals surface area (Å²) in [5.41, 5.74) is 0.433. The highest BCUT2D eigenvalue weighted by molar-refractivity contribution is 5.76. The zero-order valence-corrected chi connectivity index (χ0v) is 12.4. The predicted octanol–water partition coefficient (Wildman–Crippen LogP) is 2.46. The molecule has 3 heteroatoms. The fourth-order valence-corrected chi connectivity index (χ4v) is 4.07. The normalized spacial score (nSPS) is 35.4. The van der Waals surface area contributed by atoms with Crippen molar-refractivity contribution < 1.29 is 4.79 Å². The Labute approximate surface area is 116 Å². The molecule has 0 aromatic rings.